The summed E-state index contributed by atoms with van der Waals surface area (Å²) in [4.78, 5) is 14.2. The van der Waals surface area contributed by atoms with E-state index in [0.29, 0.717) is 13.2 Å². The number of amides is 1. The minimum atomic E-state index is -0.272. The van der Waals surface area contributed by atoms with Crippen LogP contribution in [-0.4, -0.2) is 31.3 Å². The summed E-state index contributed by atoms with van der Waals surface area (Å²) in [6, 6.07) is 18.0. The van der Waals surface area contributed by atoms with Gasteiger partial charge in [-0.25, -0.2) is 4.79 Å². The van der Waals surface area contributed by atoms with Gasteiger partial charge in [0.15, 0.2) is 0 Å². The van der Waals surface area contributed by atoms with Gasteiger partial charge in [-0.2, -0.15) is 0 Å². The lowest BCUT2D eigenvalue weighted by atomic mass is 9.92. The van der Waals surface area contributed by atoms with Crippen molar-refractivity contribution in [1.29, 1.82) is 0 Å². The van der Waals surface area contributed by atoms with E-state index in [1.807, 2.05) is 49.4 Å². The Hall–Kier alpha value is -2.75. The predicted molar refractivity (Wildman–Crippen MR) is 98.5 cm³/mol. The first-order valence-electron chi connectivity index (χ1n) is 8.56. The van der Waals surface area contributed by atoms with Crippen LogP contribution in [0.3, 0.4) is 0 Å². The second kappa shape index (κ2) is 7.88. The summed E-state index contributed by atoms with van der Waals surface area (Å²) < 4.78 is 10.5. The number of nitrogens with zero attached hydrogens (tertiary/aromatic N) is 1. The van der Waals surface area contributed by atoms with Gasteiger partial charge in [-0.3, -0.25) is 4.90 Å². The lowest BCUT2D eigenvalue weighted by Gasteiger charge is -2.34. The molecule has 0 aromatic heterocycles. The van der Waals surface area contributed by atoms with Crippen molar-refractivity contribution in [3.05, 3.63) is 71.8 Å². The second-order valence-electron chi connectivity index (χ2n) is 5.92. The normalized spacial score (nSPS) is 17.0. The molecule has 0 saturated heterocycles. The number of benzene rings is 2. The van der Waals surface area contributed by atoms with Crippen molar-refractivity contribution in [3.63, 3.8) is 0 Å². The summed E-state index contributed by atoms with van der Waals surface area (Å²) in [5.74, 6) is 0.800. The van der Waals surface area contributed by atoms with Crippen LogP contribution < -0.4 is 4.74 Å². The molecule has 1 atom stereocenters. The molecule has 1 aliphatic rings. The maximum absolute atomic E-state index is 12.4. The first-order chi connectivity index (χ1) is 12.2. The van der Waals surface area contributed by atoms with Crippen molar-refractivity contribution in [2.75, 3.05) is 20.3 Å². The first-order valence-corrected chi connectivity index (χ1v) is 8.56. The average Bonchev–Trinajstić information content (AvgIpc) is 2.68. The van der Waals surface area contributed by atoms with Crippen molar-refractivity contribution < 1.29 is 14.3 Å². The Morgan fingerprint density at radius 3 is 2.48 bits per heavy atom. The van der Waals surface area contributed by atoms with Gasteiger partial charge in [-0.15, -0.1) is 0 Å². The van der Waals surface area contributed by atoms with Gasteiger partial charge in [0, 0.05) is 6.54 Å². The zero-order valence-corrected chi connectivity index (χ0v) is 14.6. The summed E-state index contributed by atoms with van der Waals surface area (Å²) >= 11 is 0. The Balaban J connectivity index is 1.96. The number of rotatable bonds is 4. The molecule has 130 valence electrons. The Morgan fingerprint density at radius 1 is 1.12 bits per heavy atom. The molecular formula is C21H23NO3. The average molecular weight is 337 g/mol. The van der Waals surface area contributed by atoms with Gasteiger partial charge in [0.25, 0.3) is 0 Å². The monoisotopic (exact) mass is 337 g/mol. The molecule has 2 aromatic rings. The minimum Gasteiger partial charge on any atom is -0.497 e. The number of carbonyl (C=O) groups is 1. The molecule has 0 saturated carbocycles. The van der Waals surface area contributed by atoms with Gasteiger partial charge >= 0.3 is 6.09 Å². The number of ether oxygens (including phenoxy) is 2. The molecule has 0 bridgehead atoms. The number of carbonyl (C=O) groups excluding carboxylic acids is 1. The zero-order valence-electron chi connectivity index (χ0n) is 14.6. The van der Waals surface area contributed by atoms with E-state index in [0.717, 1.165) is 17.7 Å². The molecule has 25 heavy (non-hydrogen) atoms. The van der Waals surface area contributed by atoms with E-state index in [-0.39, 0.29) is 12.1 Å². The topological polar surface area (TPSA) is 38.8 Å². The highest BCUT2D eigenvalue weighted by atomic mass is 16.6. The number of hydrogen-bond acceptors (Lipinski definition) is 3. The summed E-state index contributed by atoms with van der Waals surface area (Å²) in [6.07, 6.45) is 2.71. The van der Waals surface area contributed by atoms with E-state index in [9.17, 15) is 4.79 Å². The summed E-state index contributed by atoms with van der Waals surface area (Å²) in [5, 5.41) is 0. The van der Waals surface area contributed by atoms with Crippen molar-refractivity contribution >= 4 is 11.7 Å². The molecule has 2 aromatic carbocycles. The predicted octanol–water partition coefficient (Wildman–Crippen LogP) is 4.68. The molecule has 4 nitrogen and oxygen atoms in total. The van der Waals surface area contributed by atoms with E-state index < -0.39 is 0 Å². The van der Waals surface area contributed by atoms with Crippen LogP contribution in [0, 0.1) is 0 Å². The van der Waals surface area contributed by atoms with Crippen molar-refractivity contribution in [2.45, 2.75) is 19.4 Å². The molecule has 4 heteroatoms. The van der Waals surface area contributed by atoms with Crippen LogP contribution in [0.5, 0.6) is 5.75 Å². The van der Waals surface area contributed by atoms with Crippen molar-refractivity contribution in [3.8, 4) is 5.75 Å². The molecule has 1 aliphatic heterocycles. The van der Waals surface area contributed by atoms with Crippen LogP contribution >= 0.6 is 0 Å². The largest absolute Gasteiger partial charge is 0.497 e. The fraction of sp³-hybridized carbons (Fsp3) is 0.286. The quantitative estimate of drug-likeness (QED) is 0.813. The van der Waals surface area contributed by atoms with Crippen LogP contribution in [-0.2, 0) is 4.74 Å². The van der Waals surface area contributed by atoms with Crippen LogP contribution in [0.2, 0.25) is 0 Å². The molecular weight excluding hydrogens is 314 g/mol. The van der Waals surface area contributed by atoms with Crippen LogP contribution in [0.25, 0.3) is 5.57 Å². The highest BCUT2D eigenvalue weighted by molar-refractivity contribution is 5.74. The molecule has 1 heterocycles. The molecule has 3 rings (SSSR count). The first kappa shape index (κ1) is 17.1. The van der Waals surface area contributed by atoms with Gasteiger partial charge in [0.05, 0.1) is 19.8 Å². The van der Waals surface area contributed by atoms with Crippen molar-refractivity contribution in [2.24, 2.45) is 0 Å². The molecule has 1 amide bonds. The van der Waals surface area contributed by atoms with Gasteiger partial charge in [-0.1, -0.05) is 48.5 Å². The van der Waals surface area contributed by atoms with Gasteiger partial charge in [0.1, 0.15) is 5.75 Å². The number of methoxy groups -OCH3 is 1. The lowest BCUT2D eigenvalue weighted by molar-refractivity contribution is 0.0968. The Labute approximate surface area is 148 Å². The smallest absolute Gasteiger partial charge is 0.410 e. The molecule has 0 radical (unpaired) electrons. The van der Waals surface area contributed by atoms with E-state index in [1.54, 1.807) is 12.0 Å². The standard InChI is InChI=1S/C21H23NO3/c1-3-25-21(23)22-14-13-18(16-7-5-4-6-8-16)15-20(22)17-9-11-19(24-2)12-10-17/h4-12,15,20H,3,13-14H2,1-2H3/t20-/m0/s1. The van der Waals surface area contributed by atoms with Gasteiger partial charge in [-0.05, 0) is 42.2 Å². The number of hydrogen-bond donors (Lipinski definition) is 0. The van der Waals surface area contributed by atoms with Crippen LogP contribution in [0.4, 0.5) is 4.79 Å². The Kier molecular flexibility index (Phi) is 5.39. The highest BCUT2D eigenvalue weighted by Gasteiger charge is 2.29. The van der Waals surface area contributed by atoms with E-state index in [1.165, 1.54) is 11.1 Å². The van der Waals surface area contributed by atoms with Gasteiger partial charge in [0.2, 0.25) is 0 Å². The molecule has 0 unspecified atom stereocenters. The van der Waals surface area contributed by atoms with Crippen LogP contribution in [0.15, 0.2) is 60.7 Å². The van der Waals surface area contributed by atoms with Gasteiger partial charge < -0.3 is 9.47 Å². The minimum absolute atomic E-state index is 0.145. The molecule has 0 N–H and O–H groups in total. The summed E-state index contributed by atoms with van der Waals surface area (Å²) in [6.45, 7) is 2.84. The van der Waals surface area contributed by atoms with E-state index in [4.69, 9.17) is 9.47 Å². The van der Waals surface area contributed by atoms with E-state index >= 15 is 0 Å². The fourth-order valence-corrected chi connectivity index (χ4v) is 3.13. The third-order valence-electron chi connectivity index (χ3n) is 4.42. The second-order valence-corrected chi connectivity index (χ2v) is 5.92. The molecule has 0 spiro atoms. The highest BCUT2D eigenvalue weighted by Crippen LogP contribution is 2.34. The van der Waals surface area contributed by atoms with Crippen LogP contribution in [0.1, 0.15) is 30.5 Å². The maximum atomic E-state index is 12.4. The molecule has 0 fully saturated rings. The Bertz CT molecular complexity index is 737. The van der Waals surface area contributed by atoms with E-state index in [2.05, 4.69) is 18.2 Å². The SMILES string of the molecule is CCOC(=O)N1CCC(c2ccccc2)=C[C@H]1c1ccc(OC)cc1. The van der Waals surface area contributed by atoms with Crippen molar-refractivity contribution in [1.82, 2.24) is 4.90 Å². The summed E-state index contributed by atoms with van der Waals surface area (Å²) in [7, 11) is 1.65. The molecule has 0 aliphatic carbocycles. The lowest BCUT2D eigenvalue weighted by Crippen LogP contribution is -2.37. The third-order valence-corrected chi connectivity index (χ3v) is 4.42. The Morgan fingerprint density at radius 2 is 1.84 bits per heavy atom. The fourth-order valence-electron chi connectivity index (χ4n) is 3.13. The zero-order chi connectivity index (χ0) is 17.6. The maximum Gasteiger partial charge on any atom is 0.410 e. The summed E-state index contributed by atoms with van der Waals surface area (Å²) in [5.41, 5.74) is 3.49. The third kappa shape index (κ3) is 3.85.